The highest BCUT2D eigenvalue weighted by Crippen LogP contribution is 2.68. The largest absolute Gasteiger partial charge is 0.458 e. The Kier molecular flexibility index (Phi) is 5.70. The molecule has 5 rings (SSSR count). The van der Waals surface area contributed by atoms with Gasteiger partial charge in [0.25, 0.3) is 0 Å². The van der Waals surface area contributed by atoms with E-state index in [4.69, 9.17) is 4.74 Å². The van der Waals surface area contributed by atoms with Crippen LogP contribution in [0.3, 0.4) is 0 Å². The van der Waals surface area contributed by atoms with Gasteiger partial charge in [0.05, 0.1) is 23.7 Å². The molecule has 0 aromatic heterocycles. The second-order valence-corrected chi connectivity index (χ2v) is 12.4. The number of allylic oxidation sites excluding steroid dienone is 1. The fourth-order valence-electron chi connectivity index (χ4n) is 9.22. The Hall–Kier alpha value is -1.50. The molecule has 10 atom stereocenters. The summed E-state index contributed by atoms with van der Waals surface area (Å²) in [6, 6.07) is 0. The van der Waals surface area contributed by atoms with Gasteiger partial charge in [0, 0.05) is 6.42 Å². The number of fused-ring (bicyclic) bond motifs is 5. The average molecular weight is 473 g/mol. The van der Waals surface area contributed by atoms with Gasteiger partial charge in [-0.05, 0) is 93.5 Å². The molecule has 0 aromatic carbocycles. The zero-order valence-corrected chi connectivity index (χ0v) is 20.9. The summed E-state index contributed by atoms with van der Waals surface area (Å²) in [5.41, 5.74) is -0.977. The minimum Gasteiger partial charge on any atom is -0.458 e. The van der Waals surface area contributed by atoms with Crippen LogP contribution in [0.25, 0.3) is 0 Å². The van der Waals surface area contributed by atoms with Gasteiger partial charge in [0.1, 0.15) is 11.7 Å². The van der Waals surface area contributed by atoms with Gasteiger partial charge in [0.15, 0.2) is 5.78 Å². The second kappa shape index (κ2) is 8.01. The van der Waals surface area contributed by atoms with Crippen LogP contribution < -0.4 is 0 Å². The first-order chi connectivity index (χ1) is 16.0. The molecular weight excluding hydrogens is 432 g/mol. The van der Waals surface area contributed by atoms with E-state index in [9.17, 15) is 24.9 Å². The topological polar surface area (TPSA) is 104 Å². The third-order valence-corrected chi connectivity index (χ3v) is 11.3. The molecule has 1 aliphatic heterocycles. The molecule has 4 aliphatic carbocycles. The summed E-state index contributed by atoms with van der Waals surface area (Å²) >= 11 is 0. The predicted molar refractivity (Wildman–Crippen MR) is 126 cm³/mol. The van der Waals surface area contributed by atoms with Crippen molar-refractivity contribution >= 4 is 11.8 Å². The number of rotatable bonds is 3. The van der Waals surface area contributed by atoms with E-state index in [0.717, 1.165) is 31.3 Å². The van der Waals surface area contributed by atoms with Crippen molar-refractivity contribution in [2.45, 2.75) is 90.4 Å². The molecule has 3 saturated carbocycles. The van der Waals surface area contributed by atoms with Crippen molar-refractivity contribution < 1.29 is 29.6 Å². The zero-order chi connectivity index (χ0) is 24.6. The first-order valence-electron chi connectivity index (χ1n) is 13.1. The standard InChI is InChI=1S/C28H40O6/c1-15-12-22(34-25(32)18(15)14-29)16(2)19-7-8-20-17-13-24(31)28(33)10-5-6-23(30)27(28,4)21(17)9-11-26(19,20)3/h5-6,16-17,19-22,24,29,31,33H,7-14H2,1-4H3/t16-,17+,19-,20+,21+,22+,24-,26-,27+,28+/m1/s1. The van der Waals surface area contributed by atoms with Crippen molar-refractivity contribution in [1.29, 1.82) is 0 Å². The lowest BCUT2D eigenvalue weighted by molar-refractivity contribution is -0.232. The van der Waals surface area contributed by atoms with E-state index in [2.05, 4.69) is 13.8 Å². The maximum Gasteiger partial charge on any atom is 0.336 e. The van der Waals surface area contributed by atoms with E-state index in [1.165, 1.54) is 0 Å². The fraction of sp³-hybridized carbons (Fsp3) is 0.786. The van der Waals surface area contributed by atoms with Gasteiger partial charge >= 0.3 is 5.97 Å². The lowest BCUT2D eigenvalue weighted by Gasteiger charge is -2.63. The quantitative estimate of drug-likeness (QED) is 0.545. The minimum absolute atomic E-state index is 0.0426. The Morgan fingerprint density at radius 3 is 2.59 bits per heavy atom. The van der Waals surface area contributed by atoms with Crippen LogP contribution in [0.1, 0.15) is 72.6 Å². The maximum atomic E-state index is 13.2. The number of aliphatic hydroxyl groups excluding tert-OH is 2. The van der Waals surface area contributed by atoms with Crippen LogP contribution in [-0.4, -0.2) is 51.5 Å². The Bertz CT molecular complexity index is 953. The Labute approximate surface area is 202 Å². The molecule has 1 heterocycles. The van der Waals surface area contributed by atoms with Crippen LogP contribution in [0.2, 0.25) is 0 Å². The van der Waals surface area contributed by atoms with Crippen LogP contribution in [0, 0.1) is 40.4 Å². The number of aliphatic hydroxyl groups is 3. The monoisotopic (exact) mass is 472 g/mol. The van der Waals surface area contributed by atoms with E-state index in [-0.39, 0.29) is 41.7 Å². The smallest absolute Gasteiger partial charge is 0.336 e. The maximum absolute atomic E-state index is 13.2. The molecule has 0 unspecified atom stereocenters. The van der Waals surface area contributed by atoms with Gasteiger partial charge < -0.3 is 20.1 Å². The Morgan fingerprint density at radius 2 is 1.91 bits per heavy atom. The van der Waals surface area contributed by atoms with Crippen LogP contribution >= 0.6 is 0 Å². The molecule has 0 spiro atoms. The third kappa shape index (κ3) is 3.04. The number of cyclic esters (lactones) is 1. The van der Waals surface area contributed by atoms with E-state index < -0.39 is 23.1 Å². The Morgan fingerprint density at radius 1 is 1.18 bits per heavy atom. The molecule has 0 bridgehead atoms. The lowest BCUT2D eigenvalue weighted by Crippen LogP contribution is -2.69. The van der Waals surface area contributed by atoms with E-state index >= 15 is 0 Å². The molecule has 0 saturated heterocycles. The highest BCUT2D eigenvalue weighted by molar-refractivity contribution is 5.97. The summed E-state index contributed by atoms with van der Waals surface area (Å²) in [5, 5.41) is 32.2. The van der Waals surface area contributed by atoms with Gasteiger partial charge in [-0.3, -0.25) is 4.79 Å². The average Bonchev–Trinajstić information content (AvgIpc) is 3.13. The molecule has 3 fully saturated rings. The third-order valence-electron chi connectivity index (χ3n) is 11.3. The van der Waals surface area contributed by atoms with Crippen molar-refractivity contribution in [3.8, 4) is 0 Å². The number of carbonyl (C=O) groups excluding carboxylic acids is 2. The van der Waals surface area contributed by atoms with Crippen LogP contribution in [-0.2, 0) is 14.3 Å². The minimum atomic E-state index is -1.39. The van der Waals surface area contributed by atoms with Crippen LogP contribution in [0.15, 0.2) is 23.3 Å². The summed E-state index contributed by atoms with van der Waals surface area (Å²) < 4.78 is 5.81. The second-order valence-electron chi connectivity index (χ2n) is 12.4. The van der Waals surface area contributed by atoms with E-state index in [1.807, 2.05) is 13.8 Å². The zero-order valence-electron chi connectivity index (χ0n) is 20.9. The van der Waals surface area contributed by atoms with Gasteiger partial charge in [-0.1, -0.05) is 25.5 Å². The number of carbonyl (C=O) groups is 2. The molecule has 6 heteroatoms. The van der Waals surface area contributed by atoms with E-state index in [1.54, 1.807) is 12.2 Å². The van der Waals surface area contributed by atoms with Crippen molar-refractivity contribution in [2.24, 2.45) is 40.4 Å². The summed E-state index contributed by atoms with van der Waals surface area (Å²) in [6.07, 6.45) is 7.69. The predicted octanol–water partition coefficient (Wildman–Crippen LogP) is 3.34. The molecule has 0 amide bonds. The molecule has 188 valence electrons. The number of ketones is 1. The van der Waals surface area contributed by atoms with Gasteiger partial charge in [0.2, 0.25) is 0 Å². The van der Waals surface area contributed by atoms with Crippen LogP contribution in [0.5, 0.6) is 0 Å². The molecular formula is C28H40O6. The van der Waals surface area contributed by atoms with Crippen molar-refractivity contribution in [2.75, 3.05) is 6.61 Å². The molecule has 3 N–H and O–H groups in total. The number of esters is 1. The van der Waals surface area contributed by atoms with Crippen molar-refractivity contribution in [1.82, 2.24) is 0 Å². The normalized spacial score (nSPS) is 49.3. The Balaban J connectivity index is 1.42. The summed E-state index contributed by atoms with van der Waals surface area (Å²) in [7, 11) is 0. The van der Waals surface area contributed by atoms with Gasteiger partial charge in [-0.2, -0.15) is 0 Å². The molecule has 0 radical (unpaired) electrons. The highest BCUT2D eigenvalue weighted by atomic mass is 16.5. The number of hydrogen-bond acceptors (Lipinski definition) is 6. The first kappa shape index (κ1) is 24.2. The SMILES string of the molecule is CC1=C(CO)C(=O)O[C@H]([C@H](C)[C@H]2CC[C@H]3[C@@H]4C[C@@H](O)[C@@]5(O)CC=CC(=O)[C@]5(C)[C@H]4CC[C@]23C)C1. The number of ether oxygens (including phenoxy) is 1. The summed E-state index contributed by atoms with van der Waals surface area (Å²) in [6.45, 7) is 8.10. The van der Waals surface area contributed by atoms with Crippen molar-refractivity contribution in [3.63, 3.8) is 0 Å². The fourth-order valence-corrected chi connectivity index (χ4v) is 9.22. The first-order valence-corrected chi connectivity index (χ1v) is 13.1. The molecule has 34 heavy (non-hydrogen) atoms. The number of hydrogen-bond donors (Lipinski definition) is 3. The van der Waals surface area contributed by atoms with E-state index in [0.29, 0.717) is 36.7 Å². The molecule has 0 aromatic rings. The molecule has 5 aliphatic rings. The van der Waals surface area contributed by atoms with Gasteiger partial charge in [-0.25, -0.2) is 4.79 Å². The molecule has 6 nitrogen and oxygen atoms in total. The lowest BCUT2D eigenvalue weighted by atomic mass is 9.43. The highest BCUT2D eigenvalue weighted by Gasteiger charge is 2.69. The van der Waals surface area contributed by atoms with Gasteiger partial charge in [-0.15, -0.1) is 0 Å². The summed E-state index contributed by atoms with van der Waals surface area (Å²) in [5.74, 6) is 0.768. The van der Waals surface area contributed by atoms with Crippen LogP contribution in [0.4, 0.5) is 0 Å². The summed E-state index contributed by atoms with van der Waals surface area (Å²) in [4.78, 5) is 25.6. The van der Waals surface area contributed by atoms with Crippen molar-refractivity contribution in [3.05, 3.63) is 23.3 Å².